The summed E-state index contributed by atoms with van der Waals surface area (Å²) in [5.74, 6) is 0.908. The molecular formula is C12H14ClFIN3. The molecule has 2 rings (SSSR count). The van der Waals surface area contributed by atoms with Gasteiger partial charge < -0.3 is 9.47 Å². The zero-order valence-corrected chi connectivity index (χ0v) is 13.2. The van der Waals surface area contributed by atoms with E-state index in [9.17, 15) is 4.39 Å². The Morgan fingerprint density at radius 2 is 2.17 bits per heavy atom. The van der Waals surface area contributed by atoms with Crippen LogP contribution >= 0.6 is 34.2 Å². The number of benzene rings is 1. The third-order valence-electron chi connectivity index (χ3n) is 2.76. The number of rotatable bonds is 4. The highest BCUT2D eigenvalue weighted by Crippen LogP contribution is 2.22. The first-order chi connectivity index (χ1) is 8.52. The van der Waals surface area contributed by atoms with Gasteiger partial charge in [0.25, 0.3) is 0 Å². The Morgan fingerprint density at radius 1 is 1.44 bits per heavy atom. The summed E-state index contributed by atoms with van der Waals surface area (Å²) < 4.78 is 16.2. The van der Waals surface area contributed by atoms with Gasteiger partial charge in [-0.15, -0.1) is 11.6 Å². The molecule has 0 amide bonds. The van der Waals surface area contributed by atoms with E-state index in [0.717, 1.165) is 29.9 Å². The second-order valence-electron chi connectivity index (χ2n) is 4.37. The van der Waals surface area contributed by atoms with Crippen LogP contribution in [0.4, 0.5) is 4.39 Å². The predicted octanol–water partition coefficient (Wildman–Crippen LogP) is 3.08. The minimum atomic E-state index is -0.213. The second kappa shape index (κ2) is 5.71. The molecule has 0 saturated carbocycles. The lowest BCUT2D eigenvalue weighted by molar-refractivity contribution is 0.384. The van der Waals surface area contributed by atoms with Crippen LogP contribution in [0.5, 0.6) is 0 Å². The molecular weight excluding hydrogens is 368 g/mol. The number of fused-ring (bicyclic) bond motifs is 1. The maximum atomic E-state index is 13.6. The van der Waals surface area contributed by atoms with Crippen molar-refractivity contribution in [2.45, 2.75) is 12.4 Å². The van der Waals surface area contributed by atoms with Crippen molar-refractivity contribution in [3.05, 3.63) is 27.3 Å². The van der Waals surface area contributed by atoms with Crippen molar-refractivity contribution in [3.63, 3.8) is 0 Å². The Hall–Kier alpha value is -0.400. The van der Waals surface area contributed by atoms with Gasteiger partial charge in [0.1, 0.15) is 11.6 Å². The molecule has 2 aromatic rings. The second-order valence-corrected chi connectivity index (χ2v) is 5.80. The molecule has 1 aromatic heterocycles. The summed E-state index contributed by atoms with van der Waals surface area (Å²) in [7, 11) is 4.01. The molecule has 0 saturated heterocycles. The summed E-state index contributed by atoms with van der Waals surface area (Å²) in [6.45, 7) is 1.62. The van der Waals surface area contributed by atoms with Crippen LogP contribution in [0.2, 0.25) is 0 Å². The molecule has 3 nitrogen and oxygen atoms in total. The zero-order valence-electron chi connectivity index (χ0n) is 10.3. The fraction of sp³-hybridized carbons (Fsp3) is 0.417. The molecule has 6 heteroatoms. The fourth-order valence-electron chi connectivity index (χ4n) is 1.82. The molecule has 0 aliphatic rings. The Kier molecular flexibility index (Phi) is 4.45. The van der Waals surface area contributed by atoms with Crippen molar-refractivity contribution in [2.75, 3.05) is 20.6 Å². The first-order valence-electron chi connectivity index (χ1n) is 5.57. The Balaban J connectivity index is 2.50. The molecule has 18 heavy (non-hydrogen) atoms. The first-order valence-corrected chi connectivity index (χ1v) is 7.19. The van der Waals surface area contributed by atoms with Crippen molar-refractivity contribution in [1.29, 1.82) is 0 Å². The summed E-state index contributed by atoms with van der Waals surface area (Å²) in [6.07, 6.45) is 0. The highest BCUT2D eigenvalue weighted by molar-refractivity contribution is 14.1. The summed E-state index contributed by atoms with van der Waals surface area (Å²) >= 11 is 7.88. The Labute approximate surface area is 124 Å². The van der Waals surface area contributed by atoms with Gasteiger partial charge in [-0.2, -0.15) is 0 Å². The van der Waals surface area contributed by atoms with Gasteiger partial charge in [0.2, 0.25) is 0 Å². The van der Waals surface area contributed by atoms with Crippen molar-refractivity contribution >= 4 is 45.2 Å². The van der Waals surface area contributed by atoms with Crippen LogP contribution in [0.1, 0.15) is 5.82 Å². The third kappa shape index (κ3) is 2.78. The van der Waals surface area contributed by atoms with Gasteiger partial charge in [0.05, 0.1) is 20.5 Å². The molecule has 0 atom stereocenters. The highest BCUT2D eigenvalue weighted by Gasteiger charge is 2.12. The normalized spacial score (nSPS) is 11.7. The summed E-state index contributed by atoms with van der Waals surface area (Å²) in [4.78, 5) is 6.53. The van der Waals surface area contributed by atoms with Gasteiger partial charge in [0.15, 0.2) is 0 Å². The number of imidazole rings is 1. The van der Waals surface area contributed by atoms with Gasteiger partial charge in [-0.3, -0.25) is 0 Å². The number of hydrogen-bond donors (Lipinski definition) is 0. The van der Waals surface area contributed by atoms with Crippen LogP contribution in [-0.4, -0.2) is 35.1 Å². The van der Waals surface area contributed by atoms with Crippen LogP contribution in [0, 0.1) is 9.39 Å². The van der Waals surface area contributed by atoms with Crippen LogP contribution in [0.15, 0.2) is 12.1 Å². The molecule has 0 aliphatic heterocycles. The molecule has 98 valence electrons. The first kappa shape index (κ1) is 14.0. The molecule has 1 heterocycles. The van der Waals surface area contributed by atoms with E-state index in [1.165, 1.54) is 6.07 Å². The van der Waals surface area contributed by atoms with Gasteiger partial charge in [-0.05, 0) is 42.8 Å². The average molecular weight is 382 g/mol. The number of alkyl halides is 1. The molecule has 1 aromatic carbocycles. The minimum Gasteiger partial charge on any atom is -0.326 e. The molecule has 0 fully saturated rings. The maximum absolute atomic E-state index is 13.6. The minimum absolute atomic E-state index is 0.213. The standard InChI is InChI=1S/C12H14ClFIN3/c1-17(2)3-4-18-11-5-8(14)9(15)6-10(11)16-12(18)7-13/h5-6H,3-4,7H2,1-2H3. The third-order valence-corrected chi connectivity index (χ3v) is 3.83. The van der Waals surface area contributed by atoms with Gasteiger partial charge in [0, 0.05) is 19.2 Å². The van der Waals surface area contributed by atoms with E-state index in [4.69, 9.17) is 11.6 Å². The largest absolute Gasteiger partial charge is 0.326 e. The van der Waals surface area contributed by atoms with E-state index in [1.54, 1.807) is 6.07 Å². The van der Waals surface area contributed by atoms with Crippen molar-refractivity contribution in [2.24, 2.45) is 0 Å². The lowest BCUT2D eigenvalue weighted by Gasteiger charge is -2.12. The summed E-state index contributed by atoms with van der Waals surface area (Å²) in [5, 5.41) is 0. The monoisotopic (exact) mass is 381 g/mol. The number of nitrogens with zero attached hydrogens (tertiary/aromatic N) is 3. The number of likely N-dealkylation sites (N-methyl/N-ethyl adjacent to an activating group) is 1. The summed E-state index contributed by atoms with van der Waals surface area (Å²) in [5.41, 5.74) is 1.61. The number of hydrogen-bond acceptors (Lipinski definition) is 2. The topological polar surface area (TPSA) is 21.1 Å². The van der Waals surface area contributed by atoms with Crippen molar-refractivity contribution < 1.29 is 4.39 Å². The molecule has 0 aliphatic carbocycles. The number of halogens is 3. The van der Waals surface area contributed by atoms with Crippen molar-refractivity contribution in [1.82, 2.24) is 14.5 Å². The van der Waals surface area contributed by atoms with E-state index in [1.807, 2.05) is 41.3 Å². The quantitative estimate of drug-likeness (QED) is 0.599. The molecule has 0 N–H and O–H groups in total. The molecule has 0 unspecified atom stereocenters. The highest BCUT2D eigenvalue weighted by atomic mass is 127. The summed E-state index contributed by atoms with van der Waals surface area (Å²) in [6, 6.07) is 3.29. The van der Waals surface area contributed by atoms with Crippen molar-refractivity contribution in [3.8, 4) is 0 Å². The predicted molar refractivity (Wildman–Crippen MR) is 80.5 cm³/mol. The SMILES string of the molecule is CN(C)CCn1c(CCl)nc2cc(I)c(F)cc21. The van der Waals surface area contributed by atoms with Crippen LogP contribution in [0.3, 0.4) is 0 Å². The Bertz CT molecular complexity index is 568. The van der Waals surface area contributed by atoms with E-state index in [0.29, 0.717) is 9.45 Å². The zero-order chi connectivity index (χ0) is 13.3. The lowest BCUT2D eigenvalue weighted by Crippen LogP contribution is -2.19. The molecule has 0 bridgehead atoms. The maximum Gasteiger partial charge on any atom is 0.138 e. The van der Waals surface area contributed by atoms with E-state index in [2.05, 4.69) is 9.88 Å². The van der Waals surface area contributed by atoms with Crippen LogP contribution in [-0.2, 0) is 12.4 Å². The van der Waals surface area contributed by atoms with Crippen LogP contribution < -0.4 is 0 Å². The fourth-order valence-corrected chi connectivity index (χ4v) is 2.48. The molecule has 0 radical (unpaired) electrons. The van der Waals surface area contributed by atoms with E-state index < -0.39 is 0 Å². The van der Waals surface area contributed by atoms with E-state index >= 15 is 0 Å². The van der Waals surface area contributed by atoms with Crippen LogP contribution in [0.25, 0.3) is 11.0 Å². The average Bonchev–Trinajstić information content (AvgIpc) is 2.64. The van der Waals surface area contributed by atoms with Gasteiger partial charge in [-0.1, -0.05) is 0 Å². The van der Waals surface area contributed by atoms with Gasteiger partial charge in [-0.25, -0.2) is 9.37 Å². The number of aromatic nitrogens is 2. The van der Waals surface area contributed by atoms with Gasteiger partial charge >= 0.3 is 0 Å². The smallest absolute Gasteiger partial charge is 0.138 e. The Morgan fingerprint density at radius 3 is 2.78 bits per heavy atom. The van der Waals surface area contributed by atoms with E-state index in [-0.39, 0.29) is 5.82 Å². The lowest BCUT2D eigenvalue weighted by atomic mass is 10.3. The molecule has 0 spiro atoms.